The Morgan fingerprint density at radius 2 is 2.14 bits per heavy atom. The quantitative estimate of drug-likeness (QED) is 0.712. The second-order valence-corrected chi connectivity index (χ2v) is 4.53. The summed E-state index contributed by atoms with van der Waals surface area (Å²) >= 11 is 0. The maximum atomic E-state index is 11.0. The predicted octanol–water partition coefficient (Wildman–Crippen LogP) is 2.98. The van der Waals surface area contributed by atoms with Gasteiger partial charge in [-0.15, -0.1) is 0 Å². The van der Waals surface area contributed by atoms with E-state index in [0.717, 1.165) is 6.42 Å². The third kappa shape index (κ3) is 1.28. The van der Waals surface area contributed by atoms with Crippen LogP contribution >= 0.6 is 0 Å². The van der Waals surface area contributed by atoms with Crippen molar-refractivity contribution in [2.24, 2.45) is 0 Å². The molecule has 0 amide bonds. The predicted molar refractivity (Wildman–Crippen MR) is 57.5 cm³/mol. The molecule has 1 aromatic rings. The van der Waals surface area contributed by atoms with Crippen molar-refractivity contribution in [3.05, 3.63) is 34.9 Å². The zero-order valence-electron chi connectivity index (χ0n) is 9.05. The number of hydrogen-bond donors (Lipinski definition) is 0. The van der Waals surface area contributed by atoms with E-state index < -0.39 is 0 Å². The van der Waals surface area contributed by atoms with Gasteiger partial charge in [0.25, 0.3) is 0 Å². The number of carbonyl (C=O) groups excluding carboxylic acids is 1. The van der Waals surface area contributed by atoms with Crippen LogP contribution in [0.4, 0.5) is 0 Å². The first-order valence-corrected chi connectivity index (χ1v) is 5.16. The molecule has 0 N–H and O–H groups in total. The molecule has 1 aliphatic rings. The summed E-state index contributed by atoms with van der Waals surface area (Å²) in [7, 11) is 0. The number of carbonyl (C=O) groups is 1. The van der Waals surface area contributed by atoms with E-state index in [2.05, 4.69) is 32.0 Å². The van der Waals surface area contributed by atoms with Crippen LogP contribution < -0.4 is 0 Å². The van der Waals surface area contributed by atoms with Crippen molar-refractivity contribution in [3.8, 4) is 0 Å². The van der Waals surface area contributed by atoms with E-state index in [4.69, 9.17) is 0 Å². The molecular weight excluding hydrogens is 172 g/mol. The molecule has 0 saturated carbocycles. The SMILES string of the molecule is CC(=O)CCC1(C)c2cccc(C)c21. The fraction of sp³-hybridized carbons (Fsp3) is 0.462. The van der Waals surface area contributed by atoms with Crippen molar-refractivity contribution >= 4 is 5.78 Å². The molecule has 0 bridgehead atoms. The Bertz CT molecular complexity index is 392. The zero-order valence-corrected chi connectivity index (χ0v) is 9.05. The van der Waals surface area contributed by atoms with E-state index in [9.17, 15) is 4.79 Å². The Morgan fingerprint density at radius 3 is 2.71 bits per heavy atom. The minimum atomic E-state index is 0.208. The Hall–Kier alpha value is -1.11. The van der Waals surface area contributed by atoms with Gasteiger partial charge in [-0.05, 0) is 37.0 Å². The van der Waals surface area contributed by atoms with Gasteiger partial charge < -0.3 is 4.79 Å². The van der Waals surface area contributed by atoms with Gasteiger partial charge in [-0.2, -0.15) is 0 Å². The largest absolute Gasteiger partial charge is 0.300 e. The second-order valence-electron chi connectivity index (χ2n) is 4.53. The monoisotopic (exact) mass is 188 g/mol. The van der Waals surface area contributed by atoms with Gasteiger partial charge in [-0.25, -0.2) is 0 Å². The van der Waals surface area contributed by atoms with Crippen molar-refractivity contribution in [1.29, 1.82) is 0 Å². The zero-order chi connectivity index (χ0) is 10.3. The molecule has 0 saturated heterocycles. The van der Waals surface area contributed by atoms with Gasteiger partial charge in [-0.3, -0.25) is 0 Å². The van der Waals surface area contributed by atoms with E-state index >= 15 is 0 Å². The molecule has 0 spiro atoms. The number of ketones is 1. The van der Waals surface area contributed by atoms with E-state index in [1.807, 2.05) is 0 Å². The second kappa shape index (κ2) is 2.94. The first-order valence-electron chi connectivity index (χ1n) is 5.16. The molecule has 1 unspecified atom stereocenters. The highest BCUT2D eigenvalue weighted by Crippen LogP contribution is 2.54. The molecule has 1 aromatic carbocycles. The fourth-order valence-corrected chi connectivity index (χ4v) is 2.41. The molecule has 74 valence electrons. The third-order valence-electron chi connectivity index (χ3n) is 3.33. The normalized spacial score (nSPS) is 23.1. The Kier molecular flexibility index (Phi) is 1.99. The van der Waals surface area contributed by atoms with Crippen LogP contribution in [0.15, 0.2) is 18.2 Å². The van der Waals surface area contributed by atoms with E-state index in [-0.39, 0.29) is 5.41 Å². The highest BCUT2D eigenvalue weighted by Gasteiger charge is 2.46. The Balaban J connectivity index is 2.17. The van der Waals surface area contributed by atoms with Gasteiger partial charge in [0, 0.05) is 11.8 Å². The lowest BCUT2D eigenvalue weighted by molar-refractivity contribution is -0.117. The summed E-state index contributed by atoms with van der Waals surface area (Å²) < 4.78 is 0. The van der Waals surface area contributed by atoms with Crippen molar-refractivity contribution in [1.82, 2.24) is 0 Å². The molecule has 0 radical (unpaired) electrons. The van der Waals surface area contributed by atoms with Crippen LogP contribution in [0.3, 0.4) is 0 Å². The minimum absolute atomic E-state index is 0.208. The number of aryl methyl sites for hydroxylation is 1. The van der Waals surface area contributed by atoms with Crippen LogP contribution in [-0.4, -0.2) is 5.78 Å². The first-order chi connectivity index (χ1) is 6.55. The van der Waals surface area contributed by atoms with Gasteiger partial charge in [-0.1, -0.05) is 25.1 Å². The number of Topliss-reactive ketones (excluding diaryl/α,β-unsaturated/α-hetero) is 1. The van der Waals surface area contributed by atoms with Crippen LogP contribution in [0.5, 0.6) is 0 Å². The van der Waals surface area contributed by atoms with Crippen LogP contribution in [0.2, 0.25) is 0 Å². The lowest BCUT2D eigenvalue weighted by Gasteiger charge is -2.07. The summed E-state index contributed by atoms with van der Waals surface area (Å²) in [4.78, 5) is 11.0. The number of rotatable bonds is 3. The number of benzene rings is 1. The van der Waals surface area contributed by atoms with E-state index in [1.165, 1.54) is 16.7 Å². The average Bonchev–Trinajstić information content (AvgIpc) is 2.72. The topological polar surface area (TPSA) is 17.1 Å². The highest BCUT2D eigenvalue weighted by molar-refractivity contribution is 5.76. The summed E-state index contributed by atoms with van der Waals surface area (Å²) in [6.07, 6.45) is 1.67. The summed E-state index contributed by atoms with van der Waals surface area (Å²) in [6.45, 7) is 6.06. The Morgan fingerprint density at radius 1 is 1.43 bits per heavy atom. The maximum Gasteiger partial charge on any atom is 0.129 e. The van der Waals surface area contributed by atoms with Gasteiger partial charge in [0.15, 0.2) is 0 Å². The van der Waals surface area contributed by atoms with Crippen molar-refractivity contribution < 1.29 is 4.79 Å². The number of hydrogen-bond acceptors (Lipinski definition) is 1. The smallest absolute Gasteiger partial charge is 0.129 e. The lowest BCUT2D eigenvalue weighted by atomic mass is 9.95. The molecule has 2 rings (SSSR count). The average molecular weight is 188 g/mol. The van der Waals surface area contributed by atoms with E-state index in [1.54, 1.807) is 6.92 Å². The molecule has 1 aliphatic carbocycles. The summed E-state index contributed by atoms with van der Waals surface area (Å²) in [5.74, 6) is 0.293. The lowest BCUT2D eigenvalue weighted by Crippen LogP contribution is -2.05. The highest BCUT2D eigenvalue weighted by atomic mass is 16.1. The summed E-state index contributed by atoms with van der Waals surface area (Å²) in [5, 5.41) is 0. The maximum absolute atomic E-state index is 11.0. The molecule has 1 nitrogen and oxygen atoms in total. The minimum Gasteiger partial charge on any atom is -0.300 e. The molecule has 0 aromatic heterocycles. The van der Waals surface area contributed by atoms with Crippen molar-refractivity contribution in [2.75, 3.05) is 0 Å². The molecule has 0 fully saturated rings. The van der Waals surface area contributed by atoms with Crippen molar-refractivity contribution in [2.45, 2.75) is 39.0 Å². The van der Waals surface area contributed by atoms with Crippen LogP contribution in [0.25, 0.3) is 0 Å². The van der Waals surface area contributed by atoms with Crippen molar-refractivity contribution in [3.63, 3.8) is 0 Å². The molecular formula is C13H16O. The van der Waals surface area contributed by atoms with Gasteiger partial charge in [0.1, 0.15) is 5.78 Å². The standard InChI is InChI=1S/C13H16O/c1-9-5-4-6-11-12(9)13(11,3)8-7-10(2)14/h4-6H,7-8H2,1-3H3. The van der Waals surface area contributed by atoms with Gasteiger partial charge >= 0.3 is 0 Å². The first kappa shape index (κ1) is 9.45. The summed E-state index contributed by atoms with van der Waals surface area (Å²) in [6, 6.07) is 6.44. The molecule has 1 heteroatoms. The molecule has 0 heterocycles. The fourth-order valence-electron chi connectivity index (χ4n) is 2.41. The van der Waals surface area contributed by atoms with Gasteiger partial charge in [0.05, 0.1) is 0 Å². The summed E-state index contributed by atoms with van der Waals surface area (Å²) in [5.41, 5.74) is 4.49. The van der Waals surface area contributed by atoms with Crippen LogP contribution in [0, 0.1) is 6.92 Å². The Labute approximate surface area is 85.1 Å². The molecule has 0 aliphatic heterocycles. The van der Waals surface area contributed by atoms with Gasteiger partial charge in [0.2, 0.25) is 0 Å². The van der Waals surface area contributed by atoms with E-state index in [0.29, 0.717) is 12.2 Å². The third-order valence-corrected chi connectivity index (χ3v) is 3.33. The van der Waals surface area contributed by atoms with Crippen LogP contribution in [0.1, 0.15) is 43.4 Å². The molecule has 1 atom stereocenters. The molecule has 14 heavy (non-hydrogen) atoms. The number of fused-ring (bicyclic) bond motifs is 1. The van der Waals surface area contributed by atoms with Crippen LogP contribution in [-0.2, 0) is 10.2 Å².